The first kappa shape index (κ1) is 21.7. The van der Waals surface area contributed by atoms with Crippen molar-refractivity contribution in [3.63, 3.8) is 0 Å². The van der Waals surface area contributed by atoms with Gasteiger partial charge in [-0.3, -0.25) is 4.99 Å². The van der Waals surface area contributed by atoms with Crippen molar-refractivity contribution in [3.8, 4) is 0 Å². The number of nitrogens with zero attached hydrogens (tertiary/aromatic N) is 4. The van der Waals surface area contributed by atoms with E-state index >= 15 is 0 Å². The first-order valence-electron chi connectivity index (χ1n) is 10.4. The van der Waals surface area contributed by atoms with Gasteiger partial charge in [0.15, 0.2) is 5.96 Å². The largest absolute Gasteiger partial charge is 0.371 e. The number of nitrogens with one attached hydrogen (secondary N) is 1. The number of aliphatic imine (C=N–C) groups is 1. The maximum absolute atomic E-state index is 4.55. The molecule has 156 valence electrons. The second-order valence-corrected chi connectivity index (χ2v) is 7.67. The summed E-state index contributed by atoms with van der Waals surface area (Å²) in [6.45, 7) is 7.35. The molecule has 2 heterocycles. The van der Waals surface area contributed by atoms with Crippen LogP contribution < -0.4 is 15.1 Å². The van der Waals surface area contributed by atoms with Crippen molar-refractivity contribution < 1.29 is 0 Å². The fourth-order valence-electron chi connectivity index (χ4n) is 4.26. The molecule has 0 bridgehead atoms. The van der Waals surface area contributed by atoms with Crippen molar-refractivity contribution in [2.75, 3.05) is 62.7 Å². The van der Waals surface area contributed by atoms with E-state index in [9.17, 15) is 0 Å². The van der Waals surface area contributed by atoms with Gasteiger partial charge in [-0.1, -0.05) is 36.4 Å². The summed E-state index contributed by atoms with van der Waals surface area (Å²) in [5, 5.41) is 3.64. The van der Waals surface area contributed by atoms with Crippen LogP contribution in [0, 0.1) is 5.92 Å². The van der Waals surface area contributed by atoms with E-state index in [1.807, 2.05) is 7.05 Å². The highest BCUT2D eigenvalue weighted by Crippen LogP contribution is 2.23. The minimum absolute atomic E-state index is 0. The molecule has 4 rings (SSSR count). The molecule has 1 unspecified atom stereocenters. The second kappa shape index (κ2) is 10.7. The fraction of sp³-hybridized carbons (Fsp3) is 0.435. The molecule has 0 saturated carbocycles. The Kier molecular flexibility index (Phi) is 8.03. The molecule has 2 aliphatic rings. The highest BCUT2D eigenvalue weighted by Gasteiger charge is 2.24. The molecule has 0 aromatic heterocycles. The van der Waals surface area contributed by atoms with Crippen molar-refractivity contribution in [2.24, 2.45) is 10.9 Å². The smallest absolute Gasteiger partial charge is 0.193 e. The van der Waals surface area contributed by atoms with Gasteiger partial charge in [0.2, 0.25) is 0 Å². The molecule has 2 saturated heterocycles. The van der Waals surface area contributed by atoms with E-state index in [0.717, 1.165) is 51.8 Å². The molecule has 6 heteroatoms. The molecule has 0 aliphatic carbocycles. The van der Waals surface area contributed by atoms with Crippen molar-refractivity contribution >= 4 is 41.3 Å². The molecule has 5 nitrogen and oxygen atoms in total. The minimum atomic E-state index is 0. The SMILES string of the molecule is CN=C(NCC1CCN(c2ccccc2)C1)N1CCN(c2ccccc2)CC1.I. The van der Waals surface area contributed by atoms with Crippen LogP contribution in [0.1, 0.15) is 6.42 Å². The Balaban J connectivity index is 0.00000240. The van der Waals surface area contributed by atoms with E-state index in [0.29, 0.717) is 5.92 Å². The number of para-hydroxylation sites is 2. The Morgan fingerprint density at radius 1 is 0.862 bits per heavy atom. The van der Waals surface area contributed by atoms with Crippen molar-refractivity contribution in [1.29, 1.82) is 0 Å². The fourth-order valence-corrected chi connectivity index (χ4v) is 4.26. The van der Waals surface area contributed by atoms with E-state index in [1.165, 1.54) is 17.8 Å². The molecule has 0 spiro atoms. The van der Waals surface area contributed by atoms with Gasteiger partial charge < -0.3 is 20.0 Å². The van der Waals surface area contributed by atoms with Crippen LogP contribution in [0.2, 0.25) is 0 Å². The first-order chi connectivity index (χ1) is 13.8. The Labute approximate surface area is 191 Å². The first-order valence-corrected chi connectivity index (χ1v) is 10.4. The number of hydrogen-bond donors (Lipinski definition) is 1. The molecule has 2 fully saturated rings. The standard InChI is InChI=1S/C23H31N5.HI/c1-24-23(27-16-14-26(15-17-27)21-8-4-2-5-9-21)25-18-20-12-13-28(19-20)22-10-6-3-7-11-22;/h2-11,20H,12-19H2,1H3,(H,24,25);1H. The molecule has 29 heavy (non-hydrogen) atoms. The van der Waals surface area contributed by atoms with Crippen LogP contribution >= 0.6 is 24.0 Å². The van der Waals surface area contributed by atoms with Gasteiger partial charge in [-0.2, -0.15) is 0 Å². The number of piperazine rings is 1. The zero-order valence-corrected chi connectivity index (χ0v) is 19.5. The molecule has 2 aliphatic heterocycles. The average Bonchev–Trinajstić information content (AvgIpc) is 3.25. The van der Waals surface area contributed by atoms with Crippen molar-refractivity contribution in [2.45, 2.75) is 6.42 Å². The van der Waals surface area contributed by atoms with E-state index in [2.05, 4.69) is 85.7 Å². The summed E-state index contributed by atoms with van der Waals surface area (Å²) in [7, 11) is 1.90. The van der Waals surface area contributed by atoms with Gasteiger partial charge in [0.1, 0.15) is 0 Å². The minimum Gasteiger partial charge on any atom is -0.371 e. The lowest BCUT2D eigenvalue weighted by Gasteiger charge is -2.38. The second-order valence-electron chi connectivity index (χ2n) is 7.67. The molecule has 2 aromatic rings. The third kappa shape index (κ3) is 5.56. The van der Waals surface area contributed by atoms with Crippen LogP contribution in [0.15, 0.2) is 65.7 Å². The van der Waals surface area contributed by atoms with Gasteiger partial charge in [0.25, 0.3) is 0 Å². The highest BCUT2D eigenvalue weighted by molar-refractivity contribution is 14.0. The predicted octanol–water partition coefficient (Wildman–Crippen LogP) is 3.53. The number of halogens is 1. The molecule has 1 atom stereocenters. The Bertz CT molecular complexity index is 759. The van der Waals surface area contributed by atoms with Gasteiger partial charge in [0, 0.05) is 64.2 Å². The summed E-state index contributed by atoms with van der Waals surface area (Å²) >= 11 is 0. The normalized spacial score (nSPS) is 19.8. The Morgan fingerprint density at radius 3 is 2.03 bits per heavy atom. The maximum atomic E-state index is 4.55. The zero-order valence-electron chi connectivity index (χ0n) is 17.2. The van der Waals surface area contributed by atoms with Gasteiger partial charge >= 0.3 is 0 Å². The van der Waals surface area contributed by atoms with E-state index < -0.39 is 0 Å². The summed E-state index contributed by atoms with van der Waals surface area (Å²) in [4.78, 5) is 11.9. The topological polar surface area (TPSA) is 34.1 Å². The van der Waals surface area contributed by atoms with Gasteiger partial charge in [-0.15, -0.1) is 24.0 Å². The predicted molar refractivity (Wildman–Crippen MR) is 134 cm³/mol. The summed E-state index contributed by atoms with van der Waals surface area (Å²) < 4.78 is 0. The Morgan fingerprint density at radius 2 is 1.45 bits per heavy atom. The maximum Gasteiger partial charge on any atom is 0.193 e. The lowest BCUT2D eigenvalue weighted by molar-refractivity contribution is 0.369. The molecule has 2 aromatic carbocycles. The van der Waals surface area contributed by atoms with Gasteiger partial charge in [-0.25, -0.2) is 0 Å². The lowest BCUT2D eigenvalue weighted by atomic mass is 10.1. The summed E-state index contributed by atoms with van der Waals surface area (Å²) in [5.41, 5.74) is 2.66. The average molecular weight is 505 g/mol. The van der Waals surface area contributed by atoms with Crippen LogP contribution in [0.5, 0.6) is 0 Å². The quantitative estimate of drug-likeness (QED) is 0.392. The molecular formula is C23H32IN5. The monoisotopic (exact) mass is 505 g/mol. The number of benzene rings is 2. The summed E-state index contributed by atoms with van der Waals surface area (Å²) in [5.74, 6) is 1.72. The Hall–Kier alpha value is -1.96. The highest BCUT2D eigenvalue weighted by atomic mass is 127. The van der Waals surface area contributed by atoms with Gasteiger partial charge in [0.05, 0.1) is 0 Å². The van der Waals surface area contributed by atoms with Gasteiger partial charge in [-0.05, 0) is 36.6 Å². The van der Waals surface area contributed by atoms with E-state index in [1.54, 1.807) is 0 Å². The van der Waals surface area contributed by atoms with Crippen molar-refractivity contribution in [3.05, 3.63) is 60.7 Å². The van der Waals surface area contributed by atoms with E-state index in [4.69, 9.17) is 0 Å². The molecular weight excluding hydrogens is 473 g/mol. The number of hydrogen-bond acceptors (Lipinski definition) is 3. The zero-order chi connectivity index (χ0) is 19.2. The van der Waals surface area contributed by atoms with Crippen LogP contribution in [-0.2, 0) is 0 Å². The third-order valence-electron chi connectivity index (χ3n) is 5.87. The molecule has 1 N–H and O–H groups in total. The van der Waals surface area contributed by atoms with E-state index in [-0.39, 0.29) is 24.0 Å². The number of anilines is 2. The number of rotatable bonds is 4. The van der Waals surface area contributed by atoms with Crippen LogP contribution in [0.4, 0.5) is 11.4 Å². The summed E-state index contributed by atoms with van der Waals surface area (Å²) in [6, 6.07) is 21.4. The number of guanidine groups is 1. The molecule has 0 amide bonds. The van der Waals surface area contributed by atoms with Crippen LogP contribution in [0.25, 0.3) is 0 Å². The summed E-state index contributed by atoms with van der Waals surface area (Å²) in [6.07, 6.45) is 1.24. The lowest BCUT2D eigenvalue weighted by Crippen LogP contribution is -2.53. The molecule has 0 radical (unpaired) electrons. The van der Waals surface area contributed by atoms with Crippen LogP contribution in [0.3, 0.4) is 0 Å². The van der Waals surface area contributed by atoms with Crippen LogP contribution in [-0.4, -0.2) is 63.7 Å². The van der Waals surface area contributed by atoms with Crippen molar-refractivity contribution in [1.82, 2.24) is 10.2 Å². The third-order valence-corrected chi connectivity index (χ3v) is 5.87.